The average Bonchev–Trinajstić information content (AvgIpc) is 2.37. The Hall–Kier alpha value is -0.810. The van der Waals surface area contributed by atoms with E-state index in [2.05, 4.69) is 12.2 Å². The molecule has 1 rings (SSSR count). The van der Waals surface area contributed by atoms with E-state index in [-0.39, 0.29) is 4.90 Å². The van der Waals surface area contributed by atoms with Gasteiger partial charge >= 0.3 is 0 Å². The smallest absolute Gasteiger partial charge is 0.139 e. The van der Waals surface area contributed by atoms with Crippen LogP contribution in [0.5, 0.6) is 0 Å². The molecule has 1 N–H and O–H groups in total. The largest absolute Gasteiger partial charge is 0.317 e. The number of rotatable bonds is 7. The number of halogens is 2. The summed E-state index contributed by atoms with van der Waals surface area (Å²) < 4.78 is 38.2. The van der Waals surface area contributed by atoms with Crippen LogP contribution in [0.15, 0.2) is 23.1 Å². The molecule has 18 heavy (non-hydrogen) atoms. The second-order valence-corrected chi connectivity index (χ2v) is 5.70. The van der Waals surface area contributed by atoms with Gasteiger partial charge in [-0.25, -0.2) is 8.78 Å². The molecule has 0 aliphatic rings. The third-order valence-corrected chi connectivity index (χ3v) is 4.38. The van der Waals surface area contributed by atoms with Crippen LogP contribution in [0, 0.1) is 11.6 Å². The minimum Gasteiger partial charge on any atom is -0.317 e. The molecule has 2 nitrogen and oxygen atoms in total. The van der Waals surface area contributed by atoms with Gasteiger partial charge in [0, 0.05) is 11.8 Å². The average molecular weight is 275 g/mol. The lowest BCUT2D eigenvalue weighted by atomic mass is 10.1. The SMILES string of the molecule is CCC(CCCS(=O)c1cc(F)ccc1F)NC. The first-order chi connectivity index (χ1) is 8.58. The molecule has 0 bridgehead atoms. The second-order valence-electron chi connectivity index (χ2n) is 4.16. The molecule has 0 amide bonds. The van der Waals surface area contributed by atoms with Crippen LogP contribution in [0.25, 0.3) is 0 Å². The summed E-state index contributed by atoms with van der Waals surface area (Å²) in [5, 5.41) is 3.15. The maximum absolute atomic E-state index is 13.4. The van der Waals surface area contributed by atoms with Crippen LogP contribution in [0.1, 0.15) is 26.2 Å². The van der Waals surface area contributed by atoms with Crippen LogP contribution in [-0.4, -0.2) is 23.1 Å². The first-order valence-electron chi connectivity index (χ1n) is 6.09. The van der Waals surface area contributed by atoms with Gasteiger partial charge in [0.1, 0.15) is 11.6 Å². The van der Waals surface area contributed by atoms with Crippen molar-refractivity contribution in [1.29, 1.82) is 0 Å². The zero-order valence-corrected chi connectivity index (χ0v) is 11.5. The van der Waals surface area contributed by atoms with E-state index in [1.54, 1.807) is 0 Å². The fourth-order valence-electron chi connectivity index (χ4n) is 1.78. The topological polar surface area (TPSA) is 29.1 Å². The van der Waals surface area contributed by atoms with Gasteiger partial charge in [-0.1, -0.05) is 6.92 Å². The summed E-state index contributed by atoms with van der Waals surface area (Å²) in [4.78, 5) is -0.0347. The first kappa shape index (κ1) is 15.2. The second kappa shape index (κ2) is 7.59. The van der Waals surface area contributed by atoms with Crippen molar-refractivity contribution in [3.63, 3.8) is 0 Å². The minimum absolute atomic E-state index is 0.0347. The zero-order chi connectivity index (χ0) is 13.5. The van der Waals surface area contributed by atoms with Crippen molar-refractivity contribution in [3.8, 4) is 0 Å². The highest BCUT2D eigenvalue weighted by Crippen LogP contribution is 2.15. The van der Waals surface area contributed by atoms with Gasteiger partial charge in [0.2, 0.25) is 0 Å². The van der Waals surface area contributed by atoms with Crippen molar-refractivity contribution < 1.29 is 13.0 Å². The van der Waals surface area contributed by atoms with Crippen LogP contribution < -0.4 is 5.32 Å². The third-order valence-electron chi connectivity index (χ3n) is 2.92. The van der Waals surface area contributed by atoms with Crippen LogP contribution in [0.4, 0.5) is 8.78 Å². The molecule has 2 unspecified atom stereocenters. The molecule has 0 saturated heterocycles. The van der Waals surface area contributed by atoms with E-state index in [0.29, 0.717) is 11.8 Å². The van der Waals surface area contributed by atoms with E-state index in [1.807, 2.05) is 7.05 Å². The van der Waals surface area contributed by atoms with Crippen LogP contribution >= 0.6 is 0 Å². The number of hydrogen-bond acceptors (Lipinski definition) is 2. The molecule has 0 aliphatic carbocycles. The molecule has 0 heterocycles. The molecule has 1 aromatic rings. The minimum atomic E-state index is -1.47. The molecule has 0 fully saturated rings. The van der Waals surface area contributed by atoms with E-state index in [0.717, 1.165) is 37.5 Å². The van der Waals surface area contributed by atoms with Crippen LogP contribution in [0.3, 0.4) is 0 Å². The molecule has 102 valence electrons. The van der Waals surface area contributed by atoms with E-state index >= 15 is 0 Å². The highest BCUT2D eigenvalue weighted by Gasteiger charge is 2.12. The molecule has 0 radical (unpaired) electrons. The van der Waals surface area contributed by atoms with E-state index in [4.69, 9.17) is 0 Å². The third kappa shape index (κ3) is 4.46. The van der Waals surface area contributed by atoms with Crippen LogP contribution in [-0.2, 0) is 10.8 Å². The Labute approximate surface area is 109 Å². The van der Waals surface area contributed by atoms with Crippen molar-refractivity contribution >= 4 is 10.8 Å². The van der Waals surface area contributed by atoms with E-state index in [1.165, 1.54) is 0 Å². The van der Waals surface area contributed by atoms with Crippen molar-refractivity contribution in [3.05, 3.63) is 29.8 Å². The maximum atomic E-state index is 13.4. The molecule has 2 atom stereocenters. The predicted octanol–water partition coefficient (Wildman–Crippen LogP) is 2.85. The Morgan fingerprint density at radius 3 is 2.72 bits per heavy atom. The monoisotopic (exact) mass is 275 g/mol. The fraction of sp³-hybridized carbons (Fsp3) is 0.538. The summed E-state index contributed by atoms with van der Waals surface area (Å²) in [5.41, 5.74) is 0. The molecule has 0 spiro atoms. The summed E-state index contributed by atoms with van der Waals surface area (Å²) in [6.07, 6.45) is 2.61. The van der Waals surface area contributed by atoms with Crippen molar-refractivity contribution in [1.82, 2.24) is 5.32 Å². The molecule has 0 aromatic heterocycles. The summed E-state index contributed by atoms with van der Waals surface area (Å²) in [5.74, 6) is -0.796. The fourth-order valence-corrected chi connectivity index (χ4v) is 2.95. The molecule has 1 aromatic carbocycles. The standard InChI is InChI=1S/C13H19F2NOS/c1-3-11(16-2)5-4-8-18(17)13-9-10(14)6-7-12(13)15/h6-7,9,11,16H,3-5,8H2,1-2H3. The van der Waals surface area contributed by atoms with E-state index in [9.17, 15) is 13.0 Å². The van der Waals surface area contributed by atoms with Gasteiger partial charge in [-0.2, -0.15) is 0 Å². The van der Waals surface area contributed by atoms with Crippen molar-refractivity contribution in [2.24, 2.45) is 0 Å². The maximum Gasteiger partial charge on any atom is 0.139 e. The molecule has 0 aliphatic heterocycles. The van der Waals surface area contributed by atoms with Crippen molar-refractivity contribution in [2.75, 3.05) is 12.8 Å². The summed E-state index contributed by atoms with van der Waals surface area (Å²) >= 11 is 0. The van der Waals surface area contributed by atoms with Gasteiger partial charge < -0.3 is 5.32 Å². The van der Waals surface area contributed by atoms with Gasteiger partial charge in [-0.05, 0) is 44.5 Å². The highest BCUT2D eigenvalue weighted by atomic mass is 32.2. The zero-order valence-electron chi connectivity index (χ0n) is 10.7. The lowest BCUT2D eigenvalue weighted by molar-refractivity contribution is 0.503. The highest BCUT2D eigenvalue weighted by molar-refractivity contribution is 7.85. The van der Waals surface area contributed by atoms with E-state index < -0.39 is 22.4 Å². The Balaban J connectivity index is 2.53. The molecule has 0 saturated carbocycles. The Bertz CT molecular complexity index is 408. The Kier molecular flexibility index (Phi) is 6.43. The van der Waals surface area contributed by atoms with Gasteiger partial charge in [0.05, 0.1) is 15.7 Å². The molecular weight excluding hydrogens is 256 g/mol. The number of nitrogens with one attached hydrogen (secondary N) is 1. The lowest BCUT2D eigenvalue weighted by Gasteiger charge is -2.13. The van der Waals surface area contributed by atoms with Gasteiger partial charge in [0.25, 0.3) is 0 Å². The number of hydrogen-bond donors (Lipinski definition) is 1. The normalized spacial score (nSPS) is 14.4. The summed E-state index contributed by atoms with van der Waals surface area (Å²) in [6.45, 7) is 2.07. The van der Waals surface area contributed by atoms with Crippen molar-refractivity contribution in [2.45, 2.75) is 37.1 Å². The predicted molar refractivity (Wildman–Crippen MR) is 70.0 cm³/mol. The number of benzene rings is 1. The Morgan fingerprint density at radius 2 is 2.11 bits per heavy atom. The van der Waals surface area contributed by atoms with Gasteiger partial charge in [-0.15, -0.1) is 0 Å². The summed E-state index contributed by atoms with van der Waals surface area (Å²) in [6, 6.07) is 3.45. The molecule has 5 heteroatoms. The van der Waals surface area contributed by atoms with Gasteiger partial charge in [-0.3, -0.25) is 4.21 Å². The Morgan fingerprint density at radius 1 is 1.39 bits per heavy atom. The van der Waals surface area contributed by atoms with Gasteiger partial charge in [0.15, 0.2) is 0 Å². The molecular formula is C13H19F2NOS. The quantitative estimate of drug-likeness (QED) is 0.829. The first-order valence-corrected chi connectivity index (χ1v) is 7.41. The summed E-state index contributed by atoms with van der Waals surface area (Å²) in [7, 11) is 0.418. The van der Waals surface area contributed by atoms with Crippen LogP contribution in [0.2, 0.25) is 0 Å². The lowest BCUT2D eigenvalue weighted by Crippen LogP contribution is -2.24.